The van der Waals surface area contributed by atoms with Crippen molar-refractivity contribution in [2.24, 2.45) is 5.92 Å². The first kappa shape index (κ1) is 15.3. The van der Waals surface area contributed by atoms with Crippen molar-refractivity contribution in [3.05, 3.63) is 22.3 Å². The Morgan fingerprint density at radius 3 is 2.80 bits per heavy atom. The number of nitrogens with zero attached hydrogens (tertiary/aromatic N) is 2. The van der Waals surface area contributed by atoms with E-state index in [1.807, 2.05) is 11.1 Å². The molecular formula is C15H22BrN3O. The van der Waals surface area contributed by atoms with Crippen molar-refractivity contribution < 1.29 is 4.79 Å². The first-order valence-electron chi connectivity index (χ1n) is 7.18. The summed E-state index contributed by atoms with van der Waals surface area (Å²) < 4.78 is 1.04. The van der Waals surface area contributed by atoms with E-state index in [0.717, 1.165) is 55.1 Å². The van der Waals surface area contributed by atoms with Gasteiger partial charge in [-0.1, -0.05) is 0 Å². The second-order valence-corrected chi connectivity index (χ2v) is 6.34. The number of halogens is 1. The van der Waals surface area contributed by atoms with E-state index in [1.165, 1.54) is 5.56 Å². The number of nitrogens with one attached hydrogen (secondary N) is 1. The van der Waals surface area contributed by atoms with Crippen LogP contribution in [-0.4, -0.2) is 35.4 Å². The third-order valence-corrected chi connectivity index (χ3v) is 4.80. The highest BCUT2D eigenvalue weighted by atomic mass is 79.9. The Morgan fingerprint density at radius 2 is 2.20 bits per heavy atom. The van der Waals surface area contributed by atoms with E-state index in [1.54, 1.807) is 6.92 Å². The zero-order valence-corrected chi connectivity index (χ0v) is 13.7. The second-order valence-electron chi connectivity index (χ2n) is 5.48. The summed E-state index contributed by atoms with van der Waals surface area (Å²) in [4.78, 5) is 17.6. The number of aryl methyl sites for hydroxylation is 1. The molecule has 1 aromatic heterocycles. The molecule has 2 rings (SSSR count). The second kappa shape index (κ2) is 7.07. The predicted octanol–water partition coefficient (Wildman–Crippen LogP) is 3.21. The number of amides is 1. The molecule has 110 valence electrons. The summed E-state index contributed by atoms with van der Waals surface area (Å²) in [5, 5.41) is 3.38. The molecule has 0 atom stereocenters. The van der Waals surface area contributed by atoms with Crippen LogP contribution in [0.15, 0.2) is 16.7 Å². The van der Waals surface area contributed by atoms with Crippen LogP contribution in [0.4, 0.5) is 5.82 Å². The monoisotopic (exact) mass is 339 g/mol. The maximum absolute atomic E-state index is 11.3. The third kappa shape index (κ3) is 4.20. The lowest BCUT2D eigenvalue weighted by molar-refractivity contribution is -0.130. The van der Waals surface area contributed by atoms with Gasteiger partial charge in [-0.05, 0) is 59.7 Å². The first-order chi connectivity index (χ1) is 9.56. The van der Waals surface area contributed by atoms with Crippen LogP contribution in [0.25, 0.3) is 0 Å². The Kier molecular flexibility index (Phi) is 5.40. The molecule has 0 saturated carbocycles. The van der Waals surface area contributed by atoms with Gasteiger partial charge >= 0.3 is 0 Å². The van der Waals surface area contributed by atoms with Crippen LogP contribution in [0.1, 0.15) is 31.7 Å². The van der Waals surface area contributed by atoms with Gasteiger partial charge < -0.3 is 10.2 Å². The summed E-state index contributed by atoms with van der Waals surface area (Å²) >= 11 is 3.45. The molecular weight excluding hydrogens is 318 g/mol. The fourth-order valence-electron chi connectivity index (χ4n) is 2.58. The topological polar surface area (TPSA) is 45.2 Å². The number of hydrogen-bond acceptors (Lipinski definition) is 3. The van der Waals surface area contributed by atoms with Crippen LogP contribution >= 0.6 is 15.9 Å². The van der Waals surface area contributed by atoms with E-state index in [9.17, 15) is 4.79 Å². The molecule has 0 unspecified atom stereocenters. The molecule has 1 saturated heterocycles. The molecule has 0 bridgehead atoms. The van der Waals surface area contributed by atoms with Gasteiger partial charge in [0.2, 0.25) is 5.91 Å². The van der Waals surface area contributed by atoms with Gasteiger partial charge in [-0.2, -0.15) is 0 Å². The van der Waals surface area contributed by atoms with Gasteiger partial charge in [0.1, 0.15) is 5.82 Å². The average molecular weight is 340 g/mol. The van der Waals surface area contributed by atoms with Crippen molar-refractivity contribution in [2.45, 2.75) is 33.1 Å². The van der Waals surface area contributed by atoms with Gasteiger partial charge in [0.15, 0.2) is 0 Å². The number of aromatic nitrogens is 1. The Labute approximate surface area is 129 Å². The van der Waals surface area contributed by atoms with Crippen molar-refractivity contribution in [3.8, 4) is 0 Å². The minimum Gasteiger partial charge on any atom is -0.370 e. The van der Waals surface area contributed by atoms with Gasteiger partial charge in [0.05, 0.1) is 0 Å². The molecule has 1 aliphatic heterocycles. The summed E-state index contributed by atoms with van der Waals surface area (Å²) in [5.74, 6) is 1.86. The van der Waals surface area contributed by atoms with E-state index in [2.05, 4.69) is 39.2 Å². The van der Waals surface area contributed by atoms with Crippen LogP contribution < -0.4 is 5.32 Å². The van der Waals surface area contributed by atoms with Crippen molar-refractivity contribution >= 4 is 27.7 Å². The van der Waals surface area contributed by atoms with Crippen LogP contribution in [0, 0.1) is 12.8 Å². The van der Waals surface area contributed by atoms with E-state index in [-0.39, 0.29) is 5.91 Å². The lowest BCUT2D eigenvalue weighted by atomic mass is 9.93. The quantitative estimate of drug-likeness (QED) is 0.915. The minimum absolute atomic E-state index is 0.205. The summed E-state index contributed by atoms with van der Waals surface area (Å²) in [6.45, 7) is 6.49. The fraction of sp³-hybridized carbons (Fsp3) is 0.600. The molecule has 0 spiro atoms. The number of piperidine rings is 1. The molecule has 0 aromatic carbocycles. The summed E-state index contributed by atoms with van der Waals surface area (Å²) in [7, 11) is 0. The highest BCUT2D eigenvalue weighted by Crippen LogP contribution is 2.21. The maximum atomic E-state index is 11.3. The number of hydrogen-bond donors (Lipinski definition) is 1. The largest absolute Gasteiger partial charge is 0.370 e. The zero-order chi connectivity index (χ0) is 14.5. The third-order valence-electron chi connectivity index (χ3n) is 3.97. The van der Waals surface area contributed by atoms with E-state index in [0.29, 0.717) is 0 Å². The van der Waals surface area contributed by atoms with Gasteiger partial charge in [-0.25, -0.2) is 4.98 Å². The molecule has 4 nitrogen and oxygen atoms in total. The van der Waals surface area contributed by atoms with Crippen LogP contribution in [0.3, 0.4) is 0 Å². The number of carbonyl (C=O) groups excluding carboxylic acids is 1. The Hall–Kier alpha value is -1.10. The molecule has 0 aliphatic carbocycles. The normalized spacial score (nSPS) is 16.2. The lowest BCUT2D eigenvalue weighted by Gasteiger charge is -2.31. The van der Waals surface area contributed by atoms with Crippen molar-refractivity contribution in [1.82, 2.24) is 9.88 Å². The minimum atomic E-state index is 0.205. The molecule has 20 heavy (non-hydrogen) atoms. The average Bonchev–Trinajstić information content (AvgIpc) is 2.43. The highest BCUT2D eigenvalue weighted by Gasteiger charge is 2.20. The number of anilines is 1. The van der Waals surface area contributed by atoms with E-state index >= 15 is 0 Å². The van der Waals surface area contributed by atoms with Crippen LogP contribution in [0.2, 0.25) is 0 Å². The zero-order valence-electron chi connectivity index (χ0n) is 12.2. The molecule has 2 heterocycles. The molecule has 1 amide bonds. The molecule has 1 N–H and O–H groups in total. The van der Waals surface area contributed by atoms with Crippen LogP contribution in [-0.2, 0) is 4.79 Å². The number of likely N-dealkylation sites (tertiary alicyclic amines) is 1. The molecule has 5 heteroatoms. The molecule has 1 aliphatic rings. The predicted molar refractivity (Wildman–Crippen MR) is 84.8 cm³/mol. The number of carbonyl (C=O) groups is 1. The Balaban J connectivity index is 1.71. The first-order valence-corrected chi connectivity index (χ1v) is 7.97. The Bertz CT molecular complexity index is 470. The summed E-state index contributed by atoms with van der Waals surface area (Å²) in [6, 6.07) is 2.06. The molecule has 0 radical (unpaired) electrons. The summed E-state index contributed by atoms with van der Waals surface area (Å²) in [6.07, 6.45) is 5.22. The fourth-order valence-corrected chi connectivity index (χ4v) is 2.79. The van der Waals surface area contributed by atoms with Crippen molar-refractivity contribution in [2.75, 3.05) is 25.0 Å². The van der Waals surface area contributed by atoms with Crippen molar-refractivity contribution in [1.29, 1.82) is 0 Å². The number of rotatable bonds is 4. The highest BCUT2D eigenvalue weighted by molar-refractivity contribution is 9.10. The van der Waals surface area contributed by atoms with Gasteiger partial charge in [-0.3, -0.25) is 4.79 Å². The van der Waals surface area contributed by atoms with E-state index in [4.69, 9.17) is 0 Å². The Morgan fingerprint density at radius 1 is 1.50 bits per heavy atom. The number of pyridine rings is 1. The van der Waals surface area contributed by atoms with Crippen LogP contribution in [0.5, 0.6) is 0 Å². The molecule has 1 aromatic rings. The lowest BCUT2D eigenvalue weighted by Crippen LogP contribution is -2.37. The SMILES string of the molecule is CC(=O)N1CCC(CCNc2cc(C)c(Br)cn2)CC1. The van der Waals surface area contributed by atoms with Gasteiger partial charge in [-0.15, -0.1) is 0 Å². The molecule has 1 fully saturated rings. The van der Waals surface area contributed by atoms with Gasteiger partial charge in [0.25, 0.3) is 0 Å². The van der Waals surface area contributed by atoms with Gasteiger partial charge in [0, 0.05) is 37.2 Å². The standard InChI is InChI=1S/C15H22BrN3O/c1-11-9-15(18-10-14(11)16)17-6-3-13-4-7-19(8-5-13)12(2)20/h9-10,13H,3-8H2,1-2H3,(H,17,18). The van der Waals surface area contributed by atoms with E-state index < -0.39 is 0 Å². The van der Waals surface area contributed by atoms with Crippen molar-refractivity contribution in [3.63, 3.8) is 0 Å². The maximum Gasteiger partial charge on any atom is 0.219 e. The summed E-state index contributed by atoms with van der Waals surface area (Å²) in [5.41, 5.74) is 1.19. The smallest absolute Gasteiger partial charge is 0.219 e.